The van der Waals surface area contributed by atoms with E-state index < -0.39 is 24.1 Å². The van der Waals surface area contributed by atoms with Crippen LogP contribution in [0.3, 0.4) is 0 Å². The van der Waals surface area contributed by atoms with Gasteiger partial charge in [0.1, 0.15) is 17.0 Å². The van der Waals surface area contributed by atoms with Crippen molar-refractivity contribution < 1.29 is 32.2 Å². The van der Waals surface area contributed by atoms with E-state index in [0.717, 1.165) is 0 Å². The number of primary amides is 1. The number of amides is 2. The number of nitrogens with two attached hydrogens (primary N) is 2. The molecule has 2 amide bonds. The second-order valence-corrected chi connectivity index (χ2v) is 8.84. The maximum atomic E-state index is 13.0. The summed E-state index contributed by atoms with van der Waals surface area (Å²) in [6.07, 6.45) is -5.80. The zero-order valence-corrected chi connectivity index (χ0v) is 20.9. The molecular formula is C23H29F3N8O4. The SMILES string of the molecule is CCn1nc(C)c(N)c1C(=O)Nc1nc2c(OCCCN3CCOC(C(F)(F)F)C3)cc(C(N)=O)cc2[nH]1. The van der Waals surface area contributed by atoms with E-state index >= 15 is 0 Å². The zero-order chi connectivity index (χ0) is 27.6. The largest absolute Gasteiger partial charge is 0.491 e. The first-order valence-electron chi connectivity index (χ1n) is 12.0. The minimum absolute atomic E-state index is 0.00164. The van der Waals surface area contributed by atoms with Crippen molar-refractivity contribution in [2.24, 2.45) is 5.73 Å². The van der Waals surface area contributed by atoms with Gasteiger partial charge in [0.05, 0.1) is 30.1 Å². The Kier molecular flexibility index (Phi) is 7.78. The molecular weight excluding hydrogens is 509 g/mol. The molecule has 1 atom stereocenters. The van der Waals surface area contributed by atoms with Crippen molar-refractivity contribution in [3.05, 3.63) is 29.1 Å². The number of hydrogen-bond acceptors (Lipinski definition) is 8. The van der Waals surface area contributed by atoms with Crippen molar-refractivity contribution >= 4 is 34.5 Å². The lowest BCUT2D eigenvalue weighted by Crippen LogP contribution is -2.49. The molecule has 4 rings (SSSR count). The lowest BCUT2D eigenvalue weighted by Gasteiger charge is -2.33. The number of nitrogens with zero attached hydrogens (tertiary/aromatic N) is 4. The van der Waals surface area contributed by atoms with Crippen LogP contribution in [0.5, 0.6) is 5.75 Å². The van der Waals surface area contributed by atoms with E-state index in [1.54, 1.807) is 11.8 Å². The number of nitrogen functional groups attached to an aromatic ring is 1. The Labute approximate surface area is 215 Å². The smallest absolute Gasteiger partial charge is 0.415 e. The number of carbonyl (C=O) groups is 2. The number of H-pyrrole nitrogens is 1. The summed E-state index contributed by atoms with van der Waals surface area (Å²) in [5, 5.41) is 6.88. The summed E-state index contributed by atoms with van der Waals surface area (Å²) in [4.78, 5) is 33.7. The Bertz CT molecular complexity index is 1340. The topological polar surface area (TPSA) is 166 Å². The van der Waals surface area contributed by atoms with Crippen LogP contribution in [-0.2, 0) is 11.3 Å². The molecule has 1 unspecified atom stereocenters. The Balaban J connectivity index is 1.47. The molecule has 3 aromatic rings. The van der Waals surface area contributed by atoms with Crippen LogP contribution in [0, 0.1) is 6.92 Å². The number of anilines is 2. The second kappa shape index (κ2) is 10.9. The maximum Gasteiger partial charge on any atom is 0.415 e. The molecule has 1 aliphatic rings. The van der Waals surface area contributed by atoms with Crippen LogP contribution >= 0.6 is 0 Å². The van der Waals surface area contributed by atoms with Gasteiger partial charge in [0.15, 0.2) is 6.10 Å². The first kappa shape index (κ1) is 27.2. The fraction of sp³-hybridized carbons (Fsp3) is 0.478. The number of ether oxygens (including phenoxy) is 2. The molecule has 15 heteroatoms. The van der Waals surface area contributed by atoms with Crippen LogP contribution in [0.25, 0.3) is 11.0 Å². The first-order chi connectivity index (χ1) is 18.0. The Hall–Kier alpha value is -3.85. The van der Waals surface area contributed by atoms with Crippen molar-refractivity contribution in [3.63, 3.8) is 0 Å². The highest BCUT2D eigenvalue weighted by Gasteiger charge is 2.43. The monoisotopic (exact) mass is 538 g/mol. The Morgan fingerprint density at radius 1 is 1.34 bits per heavy atom. The number of carbonyl (C=O) groups excluding carboxylic acids is 2. The summed E-state index contributed by atoms with van der Waals surface area (Å²) >= 11 is 0. The number of aromatic nitrogens is 4. The molecule has 0 saturated carbocycles. The van der Waals surface area contributed by atoms with Crippen molar-refractivity contribution in [2.45, 2.75) is 39.1 Å². The summed E-state index contributed by atoms with van der Waals surface area (Å²) < 4.78 is 51.0. The van der Waals surface area contributed by atoms with Gasteiger partial charge in [-0.1, -0.05) is 0 Å². The third kappa shape index (κ3) is 5.83. The van der Waals surface area contributed by atoms with Gasteiger partial charge in [-0.3, -0.25) is 24.5 Å². The van der Waals surface area contributed by atoms with Gasteiger partial charge in [-0.05, 0) is 32.4 Å². The highest BCUT2D eigenvalue weighted by Crippen LogP contribution is 2.29. The molecule has 2 aromatic heterocycles. The van der Waals surface area contributed by atoms with Gasteiger partial charge in [-0.25, -0.2) is 4.98 Å². The van der Waals surface area contributed by atoms with E-state index in [-0.39, 0.29) is 48.4 Å². The molecule has 38 heavy (non-hydrogen) atoms. The van der Waals surface area contributed by atoms with Crippen LogP contribution in [0.2, 0.25) is 0 Å². The summed E-state index contributed by atoms with van der Waals surface area (Å²) in [6.45, 7) is 4.61. The van der Waals surface area contributed by atoms with Crippen LogP contribution in [0.15, 0.2) is 12.1 Å². The number of hydrogen-bond donors (Lipinski definition) is 4. The summed E-state index contributed by atoms with van der Waals surface area (Å²) in [5.74, 6) is -0.899. The molecule has 1 aromatic carbocycles. The second-order valence-electron chi connectivity index (χ2n) is 8.84. The minimum Gasteiger partial charge on any atom is -0.491 e. The summed E-state index contributed by atoms with van der Waals surface area (Å²) in [5.41, 5.74) is 13.3. The maximum absolute atomic E-state index is 13.0. The molecule has 1 saturated heterocycles. The van der Waals surface area contributed by atoms with Gasteiger partial charge in [0.25, 0.3) is 5.91 Å². The van der Waals surface area contributed by atoms with E-state index in [0.29, 0.717) is 42.8 Å². The number of fused-ring (bicyclic) bond motifs is 1. The quantitative estimate of drug-likeness (QED) is 0.300. The van der Waals surface area contributed by atoms with Crippen molar-refractivity contribution in [1.29, 1.82) is 0 Å². The van der Waals surface area contributed by atoms with Gasteiger partial charge >= 0.3 is 6.18 Å². The molecule has 12 nitrogen and oxygen atoms in total. The molecule has 206 valence electrons. The third-order valence-corrected chi connectivity index (χ3v) is 6.15. The lowest BCUT2D eigenvalue weighted by atomic mass is 10.1. The zero-order valence-electron chi connectivity index (χ0n) is 20.9. The highest BCUT2D eigenvalue weighted by molar-refractivity contribution is 6.07. The van der Waals surface area contributed by atoms with Crippen LogP contribution < -0.4 is 21.5 Å². The van der Waals surface area contributed by atoms with Crippen molar-refractivity contribution in [2.75, 3.05) is 43.9 Å². The Morgan fingerprint density at radius 3 is 2.79 bits per heavy atom. The molecule has 0 radical (unpaired) electrons. The molecule has 1 aliphatic heterocycles. The fourth-order valence-electron chi connectivity index (χ4n) is 4.20. The molecule has 3 heterocycles. The van der Waals surface area contributed by atoms with Crippen molar-refractivity contribution in [1.82, 2.24) is 24.6 Å². The fourth-order valence-corrected chi connectivity index (χ4v) is 4.20. The lowest BCUT2D eigenvalue weighted by molar-refractivity contribution is -0.237. The van der Waals surface area contributed by atoms with Gasteiger partial charge in [0, 0.05) is 31.7 Å². The highest BCUT2D eigenvalue weighted by atomic mass is 19.4. The van der Waals surface area contributed by atoms with Gasteiger partial charge in [0.2, 0.25) is 11.9 Å². The number of nitrogens with one attached hydrogen (secondary N) is 2. The number of imidazole rings is 1. The summed E-state index contributed by atoms with van der Waals surface area (Å²) in [7, 11) is 0. The normalized spacial score (nSPS) is 16.6. The summed E-state index contributed by atoms with van der Waals surface area (Å²) in [6, 6.07) is 2.91. The minimum atomic E-state index is -4.41. The number of morpholine rings is 1. The average molecular weight is 539 g/mol. The van der Waals surface area contributed by atoms with E-state index in [1.807, 2.05) is 6.92 Å². The van der Waals surface area contributed by atoms with E-state index in [2.05, 4.69) is 20.4 Å². The van der Waals surface area contributed by atoms with Crippen LogP contribution in [0.1, 0.15) is 39.9 Å². The van der Waals surface area contributed by atoms with Gasteiger partial charge in [-0.15, -0.1) is 0 Å². The number of benzene rings is 1. The van der Waals surface area contributed by atoms with Crippen molar-refractivity contribution in [3.8, 4) is 5.75 Å². The number of aromatic amines is 1. The van der Waals surface area contributed by atoms with Gasteiger partial charge < -0.3 is 25.9 Å². The Morgan fingerprint density at radius 2 is 2.11 bits per heavy atom. The molecule has 0 spiro atoms. The molecule has 0 bridgehead atoms. The predicted molar refractivity (Wildman–Crippen MR) is 132 cm³/mol. The van der Waals surface area contributed by atoms with Crippen LogP contribution in [0.4, 0.5) is 24.8 Å². The molecule has 6 N–H and O–H groups in total. The van der Waals surface area contributed by atoms with E-state index in [4.69, 9.17) is 20.9 Å². The predicted octanol–water partition coefficient (Wildman–Crippen LogP) is 2.05. The number of rotatable bonds is 9. The van der Waals surface area contributed by atoms with E-state index in [1.165, 1.54) is 16.8 Å². The number of aryl methyl sites for hydroxylation is 2. The number of halogens is 3. The average Bonchev–Trinajstić information content (AvgIpc) is 3.40. The standard InChI is InChI=1S/C23H29F3N8O4/c1-3-34-19(17(27)12(2)32-34)21(36)31-22-29-14-9-13(20(28)35)10-15(18(14)30-22)37-7-4-5-33-6-8-38-16(11-33)23(24,25)26/h9-10,16H,3-8,11,27H2,1-2H3,(H2,28,35)(H2,29,30,31,36). The van der Waals surface area contributed by atoms with E-state index in [9.17, 15) is 22.8 Å². The number of alkyl halides is 3. The van der Waals surface area contributed by atoms with Crippen LogP contribution in [-0.4, -0.2) is 81.6 Å². The molecule has 0 aliphatic carbocycles. The molecule has 1 fully saturated rings. The first-order valence-corrected chi connectivity index (χ1v) is 12.0. The van der Waals surface area contributed by atoms with Gasteiger partial charge in [-0.2, -0.15) is 18.3 Å². The third-order valence-electron chi connectivity index (χ3n) is 6.15.